The SMILES string of the molecule is CCNC(=O)c1ccc(N)cc1NCCn1cc(C)cn1. The molecule has 6 heteroatoms. The van der Waals surface area contributed by atoms with E-state index in [0.717, 1.165) is 17.8 Å². The Balaban J connectivity index is 2.04. The second-order valence-electron chi connectivity index (χ2n) is 4.87. The van der Waals surface area contributed by atoms with Crippen LogP contribution in [0.1, 0.15) is 22.8 Å². The largest absolute Gasteiger partial charge is 0.399 e. The molecule has 1 aromatic heterocycles. The summed E-state index contributed by atoms with van der Waals surface area (Å²) in [4.78, 5) is 12.0. The highest BCUT2D eigenvalue weighted by Crippen LogP contribution is 2.19. The summed E-state index contributed by atoms with van der Waals surface area (Å²) < 4.78 is 1.86. The molecule has 21 heavy (non-hydrogen) atoms. The fourth-order valence-electron chi connectivity index (χ4n) is 2.06. The van der Waals surface area contributed by atoms with E-state index < -0.39 is 0 Å². The maximum Gasteiger partial charge on any atom is 0.253 e. The van der Waals surface area contributed by atoms with Crippen molar-refractivity contribution in [3.63, 3.8) is 0 Å². The number of amides is 1. The van der Waals surface area contributed by atoms with Gasteiger partial charge in [-0.1, -0.05) is 0 Å². The summed E-state index contributed by atoms with van der Waals surface area (Å²) in [5.74, 6) is -0.102. The molecule has 6 nitrogen and oxygen atoms in total. The molecule has 0 bridgehead atoms. The molecule has 0 unspecified atom stereocenters. The van der Waals surface area contributed by atoms with Crippen LogP contribution in [0.15, 0.2) is 30.6 Å². The minimum Gasteiger partial charge on any atom is -0.399 e. The number of nitrogen functional groups attached to an aromatic ring is 1. The lowest BCUT2D eigenvalue weighted by atomic mass is 10.1. The number of rotatable bonds is 6. The summed E-state index contributed by atoms with van der Waals surface area (Å²) >= 11 is 0. The number of aromatic nitrogens is 2. The van der Waals surface area contributed by atoms with Crippen LogP contribution in [0, 0.1) is 6.92 Å². The first-order valence-corrected chi connectivity index (χ1v) is 7.01. The van der Waals surface area contributed by atoms with Crippen LogP contribution in [-0.4, -0.2) is 28.8 Å². The molecular weight excluding hydrogens is 266 g/mol. The van der Waals surface area contributed by atoms with Gasteiger partial charge in [-0.2, -0.15) is 5.10 Å². The van der Waals surface area contributed by atoms with E-state index in [-0.39, 0.29) is 5.91 Å². The molecular formula is C15H21N5O. The number of carbonyl (C=O) groups excluding carboxylic acids is 1. The first-order valence-electron chi connectivity index (χ1n) is 7.01. The van der Waals surface area contributed by atoms with Crippen molar-refractivity contribution < 1.29 is 4.79 Å². The standard InChI is InChI=1S/C15H21N5O/c1-3-17-15(21)13-5-4-12(16)8-14(13)18-6-7-20-10-11(2)9-19-20/h4-5,8-10,18H,3,6-7,16H2,1-2H3,(H,17,21). The fraction of sp³-hybridized carbons (Fsp3) is 0.333. The second-order valence-corrected chi connectivity index (χ2v) is 4.87. The first-order chi connectivity index (χ1) is 10.1. The fourth-order valence-corrected chi connectivity index (χ4v) is 2.06. The summed E-state index contributed by atoms with van der Waals surface area (Å²) in [5.41, 5.74) is 8.89. The predicted molar refractivity (Wildman–Crippen MR) is 84.3 cm³/mol. The van der Waals surface area contributed by atoms with Gasteiger partial charge in [0.25, 0.3) is 5.91 Å². The first kappa shape index (κ1) is 14.9. The molecule has 0 atom stereocenters. The van der Waals surface area contributed by atoms with Crippen LogP contribution in [0.2, 0.25) is 0 Å². The zero-order valence-corrected chi connectivity index (χ0v) is 12.4. The summed E-state index contributed by atoms with van der Waals surface area (Å²) in [6.07, 6.45) is 3.80. The van der Waals surface area contributed by atoms with Crippen LogP contribution in [0.4, 0.5) is 11.4 Å². The molecule has 0 aliphatic heterocycles. The molecule has 1 amide bonds. The van der Waals surface area contributed by atoms with Crippen molar-refractivity contribution in [3.8, 4) is 0 Å². The van der Waals surface area contributed by atoms with Gasteiger partial charge in [0.2, 0.25) is 0 Å². The third kappa shape index (κ3) is 3.98. The van der Waals surface area contributed by atoms with Gasteiger partial charge < -0.3 is 16.4 Å². The van der Waals surface area contributed by atoms with Gasteiger partial charge >= 0.3 is 0 Å². The Hall–Kier alpha value is -2.50. The number of benzene rings is 1. The lowest BCUT2D eigenvalue weighted by molar-refractivity contribution is 0.0956. The van der Waals surface area contributed by atoms with E-state index in [4.69, 9.17) is 5.73 Å². The van der Waals surface area contributed by atoms with Gasteiger partial charge in [0.1, 0.15) is 0 Å². The predicted octanol–water partition coefficient (Wildman–Crippen LogP) is 1.64. The van der Waals surface area contributed by atoms with E-state index in [2.05, 4.69) is 15.7 Å². The molecule has 112 valence electrons. The van der Waals surface area contributed by atoms with Crippen molar-refractivity contribution in [1.29, 1.82) is 0 Å². The van der Waals surface area contributed by atoms with Crippen molar-refractivity contribution in [2.24, 2.45) is 0 Å². The van der Waals surface area contributed by atoms with Gasteiger partial charge in [-0.25, -0.2) is 0 Å². The summed E-state index contributed by atoms with van der Waals surface area (Å²) in [6, 6.07) is 5.24. The third-order valence-electron chi connectivity index (χ3n) is 3.04. The average molecular weight is 287 g/mol. The van der Waals surface area contributed by atoms with Crippen LogP contribution < -0.4 is 16.4 Å². The lowest BCUT2D eigenvalue weighted by Crippen LogP contribution is -2.24. The molecule has 0 fully saturated rings. The molecule has 0 saturated heterocycles. The molecule has 1 heterocycles. The highest BCUT2D eigenvalue weighted by atomic mass is 16.1. The Labute approximate surface area is 124 Å². The van der Waals surface area contributed by atoms with Gasteiger partial charge in [0.05, 0.1) is 18.3 Å². The molecule has 0 saturated carbocycles. The van der Waals surface area contributed by atoms with E-state index in [0.29, 0.717) is 24.3 Å². The molecule has 2 aromatic rings. The average Bonchev–Trinajstić information content (AvgIpc) is 2.85. The van der Waals surface area contributed by atoms with Crippen molar-refractivity contribution >= 4 is 17.3 Å². The topological polar surface area (TPSA) is 85.0 Å². The van der Waals surface area contributed by atoms with Crippen molar-refractivity contribution in [3.05, 3.63) is 41.7 Å². The van der Waals surface area contributed by atoms with Gasteiger partial charge in [0.15, 0.2) is 0 Å². The smallest absolute Gasteiger partial charge is 0.253 e. The lowest BCUT2D eigenvalue weighted by Gasteiger charge is -2.12. The minimum atomic E-state index is -0.102. The molecule has 0 radical (unpaired) electrons. The Bertz CT molecular complexity index is 620. The summed E-state index contributed by atoms with van der Waals surface area (Å²) in [5, 5.41) is 10.3. The number of aryl methyl sites for hydroxylation is 1. The van der Waals surface area contributed by atoms with Crippen LogP contribution in [-0.2, 0) is 6.54 Å². The highest BCUT2D eigenvalue weighted by Gasteiger charge is 2.10. The number of anilines is 2. The van der Waals surface area contributed by atoms with Gasteiger partial charge in [-0.3, -0.25) is 9.48 Å². The Kier molecular flexibility index (Phi) is 4.81. The van der Waals surface area contributed by atoms with E-state index in [1.165, 1.54) is 0 Å². The van der Waals surface area contributed by atoms with Crippen LogP contribution in [0.25, 0.3) is 0 Å². The monoisotopic (exact) mass is 287 g/mol. The highest BCUT2D eigenvalue weighted by molar-refractivity contribution is 6.00. The van der Waals surface area contributed by atoms with E-state index >= 15 is 0 Å². The van der Waals surface area contributed by atoms with Gasteiger partial charge in [-0.15, -0.1) is 0 Å². The second kappa shape index (κ2) is 6.78. The van der Waals surface area contributed by atoms with Crippen molar-refractivity contribution in [2.45, 2.75) is 20.4 Å². The number of nitrogens with one attached hydrogen (secondary N) is 2. The number of nitrogens with zero attached hydrogens (tertiary/aromatic N) is 2. The number of carbonyl (C=O) groups is 1. The van der Waals surface area contributed by atoms with Crippen LogP contribution in [0.5, 0.6) is 0 Å². The zero-order valence-electron chi connectivity index (χ0n) is 12.4. The summed E-state index contributed by atoms with van der Waals surface area (Å²) in [6.45, 7) is 5.87. The van der Waals surface area contributed by atoms with Gasteiger partial charge in [0, 0.05) is 30.7 Å². The number of hydrogen-bond donors (Lipinski definition) is 3. The third-order valence-corrected chi connectivity index (χ3v) is 3.04. The molecule has 1 aromatic carbocycles. The normalized spacial score (nSPS) is 10.4. The Morgan fingerprint density at radius 2 is 2.24 bits per heavy atom. The van der Waals surface area contributed by atoms with Crippen LogP contribution >= 0.6 is 0 Å². The molecule has 4 N–H and O–H groups in total. The van der Waals surface area contributed by atoms with Gasteiger partial charge in [-0.05, 0) is 37.6 Å². The minimum absolute atomic E-state index is 0.102. The Morgan fingerprint density at radius 3 is 2.90 bits per heavy atom. The maximum absolute atomic E-state index is 12.0. The maximum atomic E-state index is 12.0. The molecule has 0 aliphatic carbocycles. The molecule has 2 rings (SSSR count). The van der Waals surface area contributed by atoms with Crippen molar-refractivity contribution in [1.82, 2.24) is 15.1 Å². The Morgan fingerprint density at radius 1 is 1.43 bits per heavy atom. The van der Waals surface area contributed by atoms with Crippen LogP contribution in [0.3, 0.4) is 0 Å². The van der Waals surface area contributed by atoms with E-state index in [1.54, 1.807) is 18.2 Å². The van der Waals surface area contributed by atoms with Crippen molar-refractivity contribution in [2.75, 3.05) is 24.1 Å². The van der Waals surface area contributed by atoms with E-state index in [9.17, 15) is 4.79 Å². The number of hydrogen-bond acceptors (Lipinski definition) is 4. The molecule has 0 aliphatic rings. The summed E-state index contributed by atoms with van der Waals surface area (Å²) in [7, 11) is 0. The quantitative estimate of drug-likeness (QED) is 0.705. The number of nitrogens with two attached hydrogens (primary N) is 1. The van der Waals surface area contributed by atoms with E-state index in [1.807, 2.05) is 30.9 Å². The molecule has 0 spiro atoms. The zero-order chi connectivity index (χ0) is 15.2.